The van der Waals surface area contributed by atoms with Crippen LogP contribution in [0.15, 0.2) is 29.3 Å². The highest BCUT2D eigenvalue weighted by Gasteiger charge is 2.27. The lowest BCUT2D eigenvalue weighted by molar-refractivity contribution is -0.176. The maximum Gasteiger partial charge on any atom is 0.411 e. The molecule has 0 atom stereocenters. The van der Waals surface area contributed by atoms with E-state index in [-0.39, 0.29) is 30.6 Å². The standard InChI is InChI=1S/C20H27F3N4OS.HI/c1-4-17-14(2)29-18(27-17)9-10-25-19(24-3)26-11-15-5-7-16(8-6-15)12-28-13-20(21,22)23;/h5-8H,4,9-13H2,1-3H3,(H2,24,25,26);1H. The number of hydrogen-bond donors (Lipinski definition) is 2. The molecule has 1 heterocycles. The first kappa shape index (κ1) is 26.6. The lowest BCUT2D eigenvalue weighted by Crippen LogP contribution is -2.37. The maximum absolute atomic E-state index is 12.1. The molecule has 10 heteroatoms. The Labute approximate surface area is 196 Å². The van der Waals surface area contributed by atoms with Gasteiger partial charge in [-0.1, -0.05) is 31.2 Å². The molecule has 1 aromatic heterocycles. The summed E-state index contributed by atoms with van der Waals surface area (Å²) >= 11 is 1.73. The van der Waals surface area contributed by atoms with E-state index in [4.69, 9.17) is 0 Å². The summed E-state index contributed by atoms with van der Waals surface area (Å²) in [7, 11) is 1.71. The van der Waals surface area contributed by atoms with E-state index in [0.29, 0.717) is 18.1 Å². The van der Waals surface area contributed by atoms with Crippen LogP contribution >= 0.6 is 35.3 Å². The minimum atomic E-state index is -4.30. The summed E-state index contributed by atoms with van der Waals surface area (Å²) in [6.45, 7) is 4.19. The van der Waals surface area contributed by atoms with Crippen molar-refractivity contribution in [2.45, 2.75) is 46.0 Å². The molecule has 0 bridgehead atoms. The molecule has 0 aliphatic carbocycles. The van der Waals surface area contributed by atoms with Crippen molar-refractivity contribution in [3.05, 3.63) is 51.0 Å². The summed E-state index contributed by atoms with van der Waals surface area (Å²) in [5, 5.41) is 7.61. The van der Waals surface area contributed by atoms with Crippen LogP contribution in [0.1, 0.15) is 33.6 Å². The number of aliphatic imine (C=N–C) groups is 1. The number of hydrogen-bond acceptors (Lipinski definition) is 4. The summed E-state index contributed by atoms with van der Waals surface area (Å²) in [4.78, 5) is 10.1. The lowest BCUT2D eigenvalue weighted by atomic mass is 10.1. The Bertz CT molecular complexity index is 794. The van der Waals surface area contributed by atoms with Gasteiger partial charge in [-0.3, -0.25) is 4.99 Å². The molecule has 2 rings (SSSR count). The average Bonchev–Trinajstić information content (AvgIpc) is 3.04. The van der Waals surface area contributed by atoms with Gasteiger partial charge in [0.1, 0.15) is 6.61 Å². The van der Waals surface area contributed by atoms with Crippen LogP contribution in [0, 0.1) is 6.92 Å². The van der Waals surface area contributed by atoms with Crippen LogP contribution < -0.4 is 10.6 Å². The van der Waals surface area contributed by atoms with E-state index in [1.54, 1.807) is 30.5 Å². The van der Waals surface area contributed by atoms with Crippen LogP contribution in [-0.4, -0.2) is 37.3 Å². The normalized spacial score (nSPS) is 11.9. The molecule has 0 unspecified atom stereocenters. The van der Waals surface area contributed by atoms with Crippen molar-refractivity contribution in [1.82, 2.24) is 15.6 Å². The van der Waals surface area contributed by atoms with Gasteiger partial charge in [0.2, 0.25) is 0 Å². The number of nitrogens with zero attached hydrogens (tertiary/aromatic N) is 2. The number of halogens is 4. The molecule has 0 fully saturated rings. The molecule has 5 nitrogen and oxygen atoms in total. The number of rotatable bonds is 9. The van der Waals surface area contributed by atoms with Gasteiger partial charge in [-0.2, -0.15) is 13.2 Å². The largest absolute Gasteiger partial charge is 0.411 e. The van der Waals surface area contributed by atoms with Crippen molar-refractivity contribution < 1.29 is 17.9 Å². The Hall–Kier alpha value is -1.40. The fraction of sp³-hybridized carbons (Fsp3) is 0.500. The van der Waals surface area contributed by atoms with Gasteiger partial charge in [0, 0.05) is 31.4 Å². The topological polar surface area (TPSA) is 58.5 Å². The molecular weight excluding hydrogens is 528 g/mol. The van der Waals surface area contributed by atoms with Crippen molar-refractivity contribution in [3.8, 4) is 0 Å². The zero-order valence-corrected chi connectivity index (χ0v) is 20.5. The van der Waals surface area contributed by atoms with Gasteiger partial charge in [-0.15, -0.1) is 35.3 Å². The van der Waals surface area contributed by atoms with Crippen LogP contribution in [0.5, 0.6) is 0 Å². The van der Waals surface area contributed by atoms with E-state index >= 15 is 0 Å². The first-order chi connectivity index (χ1) is 13.8. The molecule has 2 N–H and O–H groups in total. The highest BCUT2D eigenvalue weighted by atomic mass is 127. The van der Waals surface area contributed by atoms with Gasteiger partial charge in [0.05, 0.1) is 17.3 Å². The number of nitrogens with one attached hydrogen (secondary N) is 2. The van der Waals surface area contributed by atoms with Crippen molar-refractivity contribution in [2.75, 3.05) is 20.2 Å². The van der Waals surface area contributed by atoms with E-state index < -0.39 is 12.8 Å². The summed E-state index contributed by atoms with van der Waals surface area (Å²) in [6.07, 6.45) is -2.52. The molecule has 0 radical (unpaired) electrons. The maximum atomic E-state index is 12.1. The second kappa shape index (κ2) is 13.1. The molecule has 0 aliphatic heterocycles. The number of aromatic nitrogens is 1. The van der Waals surface area contributed by atoms with Crippen molar-refractivity contribution >= 4 is 41.3 Å². The van der Waals surface area contributed by atoms with E-state index in [1.165, 1.54) is 10.6 Å². The fourth-order valence-corrected chi connectivity index (χ4v) is 3.68. The molecule has 0 saturated heterocycles. The molecular formula is C20H28F3IN4OS. The predicted octanol–water partition coefficient (Wildman–Crippen LogP) is 4.62. The number of benzene rings is 1. The minimum absolute atomic E-state index is 0. The number of ether oxygens (including phenoxy) is 1. The molecule has 2 aromatic rings. The number of aryl methyl sites for hydroxylation is 2. The summed E-state index contributed by atoms with van der Waals surface area (Å²) in [6, 6.07) is 7.24. The third kappa shape index (κ3) is 9.61. The van der Waals surface area contributed by atoms with E-state index in [2.05, 4.69) is 39.2 Å². The summed E-state index contributed by atoms with van der Waals surface area (Å²) < 4.78 is 41.0. The van der Waals surface area contributed by atoms with Crippen LogP contribution in [0.3, 0.4) is 0 Å². The number of alkyl halides is 3. The van der Waals surface area contributed by atoms with Gasteiger partial charge in [0.15, 0.2) is 5.96 Å². The zero-order chi connectivity index (χ0) is 21.3. The Kier molecular flexibility index (Phi) is 11.6. The second-order valence-electron chi connectivity index (χ2n) is 6.49. The monoisotopic (exact) mass is 556 g/mol. The van der Waals surface area contributed by atoms with Gasteiger partial charge in [0.25, 0.3) is 0 Å². The number of thiazole rings is 1. The van der Waals surface area contributed by atoms with E-state index in [1.807, 2.05) is 12.1 Å². The molecule has 0 aliphatic rings. The molecule has 0 saturated carbocycles. The number of guanidine groups is 1. The van der Waals surface area contributed by atoms with Crippen molar-refractivity contribution in [1.29, 1.82) is 0 Å². The molecule has 1 aromatic carbocycles. The minimum Gasteiger partial charge on any atom is -0.367 e. The van der Waals surface area contributed by atoms with Crippen LogP contribution in [0.25, 0.3) is 0 Å². The first-order valence-electron chi connectivity index (χ1n) is 9.42. The first-order valence-corrected chi connectivity index (χ1v) is 10.2. The van der Waals surface area contributed by atoms with Gasteiger partial charge >= 0.3 is 6.18 Å². The highest BCUT2D eigenvalue weighted by molar-refractivity contribution is 14.0. The van der Waals surface area contributed by atoms with Crippen molar-refractivity contribution in [3.63, 3.8) is 0 Å². The lowest BCUT2D eigenvalue weighted by Gasteiger charge is -2.12. The van der Waals surface area contributed by atoms with Crippen LogP contribution in [-0.2, 0) is 30.7 Å². The molecule has 168 valence electrons. The van der Waals surface area contributed by atoms with Crippen LogP contribution in [0.4, 0.5) is 13.2 Å². The van der Waals surface area contributed by atoms with Crippen molar-refractivity contribution in [2.24, 2.45) is 4.99 Å². The second-order valence-corrected chi connectivity index (χ2v) is 7.78. The Morgan fingerprint density at radius 2 is 1.83 bits per heavy atom. The molecule has 0 spiro atoms. The van der Waals surface area contributed by atoms with E-state index in [9.17, 15) is 13.2 Å². The molecule has 30 heavy (non-hydrogen) atoms. The summed E-state index contributed by atoms with van der Waals surface area (Å²) in [5.74, 6) is 0.687. The van der Waals surface area contributed by atoms with Gasteiger partial charge in [-0.05, 0) is 24.5 Å². The molecule has 0 amide bonds. The SMILES string of the molecule is CCc1nc(CCNC(=NC)NCc2ccc(COCC(F)(F)F)cc2)sc1C.I. The Morgan fingerprint density at radius 3 is 2.40 bits per heavy atom. The summed E-state index contributed by atoms with van der Waals surface area (Å²) in [5.41, 5.74) is 2.86. The zero-order valence-electron chi connectivity index (χ0n) is 17.3. The third-order valence-electron chi connectivity index (χ3n) is 4.14. The van der Waals surface area contributed by atoms with Gasteiger partial charge in [-0.25, -0.2) is 4.98 Å². The fourth-order valence-electron chi connectivity index (χ4n) is 2.65. The van der Waals surface area contributed by atoms with Gasteiger partial charge < -0.3 is 15.4 Å². The Balaban J connectivity index is 0.00000450. The smallest absolute Gasteiger partial charge is 0.367 e. The third-order valence-corrected chi connectivity index (χ3v) is 5.22. The Morgan fingerprint density at radius 1 is 1.17 bits per heavy atom. The van der Waals surface area contributed by atoms with E-state index in [0.717, 1.165) is 30.0 Å². The highest BCUT2D eigenvalue weighted by Crippen LogP contribution is 2.18. The average molecular weight is 556 g/mol. The van der Waals surface area contributed by atoms with Crippen LogP contribution in [0.2, 0.25) is 0 Å². The quantitative estimate of drug-likeness (QED) is 0.269. The predicted molar refractivity (Wildman–Crippen MR) is 126 cm³/mol.